The number of benzene rings is 1. The Hall–Kier alpha value is -1.32. The molecule has 2 N–H and O–H groups in total. The van der Waals surface area contributed by atoms with E-state index in [0.29, 0.717) is 16.8 Å². The van der Waals surface area contributed by atoms with E-state index in [1.165, 1.54) is 6.07 Å². The van der Waals surface area contributed by atoms with Crippen molar-refractivity contribution in [3.8, 4) is 0 Å². The van der Waals surface area contributed by atoms with E-state index in [4.69, 9.17) is 5.73 Å². The summed E-state index contributed by atoms with van der Waals surface area (Å²) in [6.07, 6.45) is 0.734. The lowest BCUT2D eigenvalue weighted by atomic mass is 9.85. The van der Waals surface area contributed by atoms with Crippen molar-refractivity contribution in [1.82, 2.24) is 0 Å². The van der Waals surface area contributed by atoms with Crippen LogP contribution in [0.2, 0.25) is 0 Å². The van der Waals surface area contributed by atoms with Crippen LogP contribution in [0.3, 0.4) is 0 Å². The standard InChI is InChI=1S/C15H22F2N2/c1-15(2)6-3-8-19(9-7-15)13-5-4-11(18)10-12(13)14(16)17/h4-5,10,14H,3,6-9,18H2,1-2H3. The molecule has 1 fully saturated rings. The van der Waals surface area contributed by atoms with Crippen LogP contribution >= 0.6 is 0 Å². The number of rotatable bonds is 2. The third-order valence-electron chi connectivity index (χ3n) is 3.97. The third kappa shape index (κ3) is 3.37. The Balaban J connectivity index is 2.26. The zero-order valence-corrected chi connectivity index (χ0v) is 11.6. The van der Waals surface area contributed by atoms with Gasteiger partial charge >= 0.3 is 0 Å². The highest BCUT2D eigenvalue weighted by Gasteiger charge is 2.25. The van der Waals surface area contributed by atoms with Gasteiger partial charge in [-0.15, -0.1) is 0 Å². The minimum atomic E-state index is -2.48. The molecule has 4 heteroatoms. The van der Waals surface area contributed by atoms with Crippen LogP contribution in [0.5, 0.6) is 0 Å². The smallest absolute Gasteiger partial charge is 0.265 e. The van der Waals surface area contributed by atoms with Gasteiger partial charge in [-0.1, -0.05) is 13.8 Å². The van der Waals surface area contributed by atoms with Crippen LogP contribution < -0.4 is 10.6 Å². The Morgan fingerprint density at radius 1 is 1.21 bits per heavy atom. The molecule has 1 aliphatic rings. The lowest BCUT2D eigenvalue weighted by Crippen LogP contribution is -2.26. The number of halogens is 2. The van der Waals surface area contributed by atoms with Crippen molar-refractivity contribution in [1.29, 1.82) is 0 Å². The van der Waals surface area contributed by atoms with Crippen LogP contribution in [-0.2, 0) is 0 Å². The highest BCUT2D eigenvalue weighted by Crippen LogP contribution is 2.36. The molecule has 1 saturated heterocycles. The molecule has 1 heterocycles. The largest absolute Gasteiger partial charge is 0.399 e. The normalized spacial score (nSPS) is 19.5. The van der Waals surface area contributed by atoms with Gasteiger partial charge < -0.3 is 10.6 Å². The molecular formula is C15H22F2N2. The van der Waals surface area contributed by atoms with Crippen molar-refractivity contribution in [3.05, 3.63) is 23.8 Å². The summed E-state index contributed by atoms with van der Waals surface area (Å²) >= 11 is 0. The van der Waals surface area contributed by atoms with Crippen molar-refractivity contribution in [2.24, 2.45) is 5.41 Å². The van der Waals surface area contributed by atoms with E-state index in [0.717, 1.165) is 32.4 Å². The Morgan fingerprint density at radius 2 is 1.95 bits per heavy atom. The Morgan fingerprint density at radius 3 is 2.63 bits per heavy atom. The van der Waals surface area contributed by atoms with Crippen LogP contribution in [0.1, 0.15) is 45.1 Å². The minimum absolute atomic E-state index is 0.0553. The molecule has 2 rings (SSSR count). The fraction of sp³-hybridized carbons (Fsp3) is 0.600. The summed E-state index contributed by atoms with van der Waals surface area (Å²) < 4.78 is 26.3. The second-order valence-electron chi connectivity index (χ2n) is 6.12. The van der Waals surface area contributed by atoms with Gasteiger partial charge in [0.15, 0.2) is 0 Å². The first kappa shape index (κ1) is 14.1. The van der Waals surface area contributed by atoms with E-state index in [9.17, 15) is 8.78 Å². The maximum absolute atomic E-state index is 13.1. The summed E-state index contributed by atoms with van der Waals surface area (Å²) in [5.74, 6) is 0. The van der Waals surface area contributed by atoms with Gasteiger partial charge in [-0.2, -0.15) is 0 Å². The van der Waals surface area contributed by atoms with Gasteiger partial charge in [0.25, 0.3) is 6.43 Å². The average Bonchev–Trinajstić information content (AvgIpc) is 2.50. The molecule has 1 aromatic carbocycles. The van der Waals surface area contributed by atoms with E-state index in [-0.39, 0.29) is 5.56 Å². The predicted molar refractivity (Wildman–Crippen MR) is 75.7 cm³/mol. The van der Waals surface area contributed by atoms with Crippen molar-refractivity contribution in [3.63, 3.8) is 0 Å². The first-order valence-electron chi connectivity index (χ1n) is 6.81. The van der Waals surface area contributed by atoms with Gasteiger partial charge in [0.05, 0.1) is 0 Å². The van der Waals surface area contributed by atoms with Crippen molar-refractivity contribution in [2.45, 2.75) is 39.5 Å². The number of anilines is 2. The molecule has 1 aromatic rings. The summed E-state index contributed by atoms with van der Waals surface area (Å²) in [4.78, 5) is 2.08. The molecule has 0 atom stereocenters. The quantitative estimate of drug-likeness (QED) is 0.814. The zero-order valence-electron chi connectivity index (χ0n) is 11.6. The molecular weight excluding hydrogens is 246 g/mol. The average molecular weight is 268 g/mol. The lowest BCUT2D eigenvalue weighted by Gasteiger charge is -2.27. The Kier molecular flexibility index (Phi) is 3.97. The molecule has 2 nitrogen and oxygen atoms in total. The number of nitrogens with zero attached hydrogens (tertiary/aromatic N) is 1. The van der Waals surface area contributed by atoms with E-state index >= 15 is 0 Å². The maximum atomic E-state index is 13.1. The molecule has 1 aliphatic heterocycles. The van der Waals surface area contributed by atoms with Crippen molar-refractivity contribution in [2.75, 3.05) is 23.7 Å². The SMILES string of the molecule is CC1(C)CCCN(c2ccc(N)cc2C(F)F)CC1. The van der Waals surface area contributed by atoms with E-state index in [1.807, 2.05) is 0 Å². The van der Waals surface area contributed by atoms with Crippen molar-refractivity contribution < 1.29 is 8.78 Å². The van der Waals surface area contributed by atoms with E-state index in [2.05, 4.69) is 18.7 Å². The maximum Gasteiger partial charge on any atom is 0.265 e. The van der Waals surface area contributed by atoms with Crippen LogP contribution in [0.4, 0.5) is 20.2 Å². The highest BCUT2D eigenvalue weighted by molar-refractivity contribution is 5.60. The molecule has 19 heavy (non-hydrogen) atoms. The van der Waals surface area contributed by atoms with Gasteiger partial charge in [-0.05, 0) is 42.9 Å². The van der Waals surface area contributed by atoms with Gasteiger partial charge in [-0.25, -0.2) is 8.78 Å². The highest BCUT2D eigenvalue weighted by atomic mass is 19.3. The second kappa shape index (κ2) is 5.35. The summed E-state index contributed by atoms with van der Waals surface area (Å²) in [5.41, 5.74) is 7.01. The van der Waals surface area contributed by atoms with Gasteiger partial charge in [0.1, 0.15) is 0 Å². The minimum Gasteiger partial charge on any atom is -0.399 e. The Labute approximate surface area is 113 Å². The number of hydrogen-bond acceptors (Lipinski definition) is 2. The first-order valence-corrected chi connectivity index (χ1v) is 6.81. The van der Waals surface area contributed by atoms with Gasteiger partial charge in [-0.3, -0.25) is 0 Å². The van der Waals surface area contributed by atoms with Crippen LogP contribution in [0.15, 0.2) is 18.2 Å². The molecule has 0 unspecified atom stereocenters. The molecule has 0 radical (unpaired) electrons. The monoisotopic (exact) mass is 268 g/mol. The molecule has 0 saturated carbocycles. The fourth-order valence-electron chi connectivity index (χ4n) is 2.70. The number of alkyl halides is 2. The summed E-state index contributed by atoms with van der Waals surface area (Å²) in [6, 6.07) is 4.84. The van der Waals surface area contributed by atoms with Crippen LogP contribution in [0.25, 0.3) is 0 Å². The lowest BCUT2D eigenvalue weighted by molar-refractivity contribution is 0.152. The summed E-state index contributed by atoms with van der Waals surface area (Å²) in [7, 11) is 0. The van der Waals surface area contributed by atoms with Gasteiger partial charge in [0.2, 0.25) is 0 Å². The Bertz CT molecular complexity index is 444. The van der Waals surface area contributed by atoms with Crippen LogP contribution in [0, 0.1) is 5.41 Å². The number of hydrogen-bond donors (Lipinski definition) is 1. The molecule has 0 spiro atoms. The van der Waals surface area contributed by atoms with Crippen LogP contribution in [-0.4, -0.2) is 13.1 Å². The fourth-order valence-corrected chi connectivity index (χ4v) is 2.70. The summed E-state index contributed by atoms with van der Waals surface area (Å²) in [6.45, 7) is 6.16. The third-order valence-corrected chi connectivity index (χ3v) is 3.97. The van der Waals surface area contributed by atoms with Gasteiger partial charge in [0, 0.05) is 30.0 Å². The van der Waals surface area contributed by atoms with E-state index in [1.54, 1.807) is 12.1 Å². The second-order valence-corrected chi connectivity index (χ2v) is 6.12. The zero-order chi connectivity index (χ0) is 14.0. The summed E-state index contributed by atoms with van der Waals surface area (Å²) in [5, 5.41) is 0. The topological polar surface area (TPSA) is 29.3 Å². The molecule has 0 amide bonds. The van der Waals surface area contributed by atoms with Crippen molar-refractivity contribution >= 4 is 11.4 Å². The molecule has 0 aliphatic carbocycles. The first-order chi connectivity index (χ1) is 8.89. The molecule has 0 aromatic heterocycles. The predicted octanol–water partition coefficient (Wildman–Crippen LogP) is 4.22. The number of nitrogens with two attached hydrogens (primary N) is 1. The molecule has 0 bridgehead atoms. The molecule has 106 valence electrons. The number of nitrogen functional groups attached to an aromatic ring is 1. The van der Waals surface area contributed by atoms with E-state index < -0.39 is 6.43 Å².